The molecule has 2 heterocycles. The molecule has 7 nitrogen and oxygen atoms in total. The van der Waals surface area contributed by atoms with Crippen molar-refractivity contribution in [2.24, 2.45) is 5.92 Å². The van der Waals surface area contributed by atoms with Crippen LogP contribution in [-0.4, -0.2) is 52.3 Å². The summed E-state index contributed by atoms with van der Waals surface area (Å²) in [6, 6.07) is 7.39. The second-order valence-corrected chi connectivity index (χ2v) is 6.67. The molecule has 1 aromatic heterocycles. The van der Waals surface area contributed by atoms with Crippen LogP contribution < -0.4 is 4.74 Å². The summed E-state index contributed by atoms with van der Waals surface area (Å²) in [6.45, 7) is 4.12. The molecule has 0 unspecified atom stereocenters. The van der Waals surface area contributed by atoms with Crippen LogP contribution >= 0.6 is 0 Å². The number of nitrogens with one attached hydrogen (secondary N) is 1. The number of benzene rings is 1. The normalized spacial score (nSPS) is 20.5. The Balaban J connectivity index is 1.39. The van der Waals surface area contributed by atoms with Crippen molar-refractivity contribution in [3.05, 3.63) is 41.5 Å². The van der Waals surface area contributed by atoms with Gasteiger partial charge < -0.3 is 14.4 Å². The Bertz CT molecular complexity index is 739. The van der Waals surface area contributed by atoms with Gasteiger partial charge >= 0.3 is 0 Å². The van der Waals surface area contributed by atoms with Crippen molar-refractivity contribution >= 4 is 5.91 Å². The molecule has 0 bridgehead atoms. The first-order valence-corrected chi connectivity index (χ1v) is 8.71. The maximum absolute atomic E-state index is 12.8. The van der Waals surface area contributed by atoms with Crippen LogP contribution in [0.4, 0.5) is 0 Å². The minimum Gasteiger partial charge on any atom is -0.493 e. The van der Waals surface area contributed by atoms with E-state index in [0.717, 1.165) is 18.2 Å². The number of H-pyrrole nitrogens is 1. The molecule has 1 aromatic carbocycles. The number of morpholine rings is 1. The van der Waals surface area contributed by atoms with E-state index in [-0.39, 0.29) is 12.0 Å². The number of hydrogen-bond acceptors (Lipinski definition) is 5. The van der Waals surface area contributed by atoms with Crippen molar-refractivity contribution in [1.82, 2.24) is 20.1 Å². The number of rotatable bonds is 5. The van der Waals surface area contributed by atoms with Gasteiger partial charge in [-0.15, -0.1) is 0 Å². The predicted octanol–water partition coefficient (Wildman–Crippen LogP) is 2.12. The van der Waals surface area contributed by atoms with Gasteiger partial charge in [0.2, 0.25) is 0 Å². The number of carbonyl (C=O) groups excluding carboxylic acids is 1. The summed E-state index contributed by atoms with van der Waals surface area (Å²) in [5.41, 5.74) is 0.658. The maximum Gasteiger partial charge on any atom is 0.254 e. The molecule has 1 saturated carbocycles. The quantitative estimate of drug-likeness (QED) is 0.900. The van der Waals surface area contributed by atoms with E-state index in [2.05, 4.69) is 15.2 Å². The van der Waals surface area contributed by atoms with E-state index in [9.17, 15) is 4.79 Å². The minimum atomic E-state index is -0.288. The highest BCUT2D eigenvalue weighted by Crippen LogP contribution is 2.29. The minimum absolute atomic E-state index is 0.00528. The van der Waals surface area contributed by atoms with Crippen LogP contribution in [0.2, 0.25) is 0 Å². The Morgan fingerprint density at radius 2 is 2.16 bits per heavy atom. The van der Waals surface area contributed by atoms with Crippen LogP contribution in [0.25, 0.3) is 0 Å². The molecular formula is C18H22N4O3. The van der Waals surface area contributed by atoms with Crippen LogP contribution in [0.3, 0.4) is 0 Å². The zero-order valence-electron chi connectivity index (χ0n) is 14.3. The van der Waals surface area contributed by atoms with Gasteiger partial charge in [0.05, 0.1) is 19.8 Å². The van der Waals surface area contributed by atoms with E-state index in [1.54, 1.807) is 4.90 Å². The summed E-state index contributed by atoms with van der Waals surface area (Å²) in [5.74, 6) is 2.86. The smallest absolute Gasteiger partial charge is 0.254 e. The Morgan fingerprint density at radius 3 is 2.84 bits per heavy atom. The lowest BCUT2D eigenvalue weighted by molar-refractivity contribution is -0.0266. The largest absolute Gasteiger partial charge is 0.493 e. The molecule has 4 rings (SSSR count). The van der Waals surface area contributed by atoms with Crippen LogP contribution in [0.15, 0.2) is 24.3 Å². The summed E-state index contributed by atoms with van der Waals surface area (Å²) in [5, 5.41) is 6.96. The highest BCUT2D eigenvalue weighted by atomic mass is 16.5. The fourth-order valence-electron chi connectivity index (χ4n) is 2.87. The van der Waals surface area contributed by atoms with E-state index in [0.29, 0.717) is 37.0 Å². The molecule has 2 fully saturated rings. The van der Waals surface area contributed by atoms with Crippen molar-refractivity contribution < 1.29 is 14.3 Å². The van der Waals surface area contributed by atoms with Crippen LogP contribution in [0.5, 0.6) is 5.75 Å². The standard InChI is InChI=1S/C18H22N4O3/c1-12-19-17(21-20-12)16-10-22(8-9-24-16)18(23)14-4-6-15(7-5-14)25-11-13-2-3-13/h4-7,13,16H,2-3,8-11H2,1H3,(H,19,20,21)/t16-/m1/s1. The van der Waals surface area contributed by atoms with E-state index in [1.807, 2.05) is 31.2 Å². The maximum atomic E-state index is 12.8. The second-order valence-electron chi connectivity index (χ2n) is 6.67. The van der Waals surface area contributed by atoms with Crippen molar-refractivity contribution in [2.75, 3.05) is 26.3 Å². The van der Waals surface area contributed by atoms with E-state index in [4.69, 9.17) is 9.47 Å². The van der Waals surface area contributed by atoms with E-state index in [1.165, 1.54) is 12.8 Å². The monoisotopic (exact) mass is 342 g/mol. The Morgan fingerprint density at radius 1 is 1.36 bits per heavy atom. The van der Waals surface area contributed by atoms with Crippen molar-refractivity contribution in [2.45, 2.75) is 25.9 Å². The molecule has 1 atom stereocenters. The first-order valence-electron chi connectivity index (χ1n) is 8.71. The molecule has 25 heavy (non-hydrogen) atoms. The lowest BCUT2D eigenvalue weighted by Gasteiger charge is -2.31. The molecule has 2 aromatic rings. The van der Waals surface area contributed by atoms with Crippen LogP contribution in [0.1, 0.15) is 41.0 Å². The van der Waals surface area contributed by atoms with Gasteiger partial charge in [-0.2, -0.15) is 5.10 Å². The van der Waals surface area contributed by atoms with Crippen molar-refractivity contribution in [1.29, 1.82) is 0 Å². The van der Waals surface area contributed by atoms with Gasteiger partial charge in [0.15, 0.2) is 5.82 Å². The third kappa shape index (κ3) is 3.82. The molecule has 2 aliphatic rings. The Kier molecular flexibility index (Phi) is 4.40. The lowest BCUT2D eigenvalue weighted by Crippen LogP contribution is -2.42. The van der Waals surface area contributed by atoms with Gasteiger partial charge in [-0.3, -0.25) is 9.89 Å². The molecule has 1 N–H and O–H groups in total. The van der Waals surface area contributed by atoms with Crippen LogP contribution in [-0.2, 0) is 4.74 Å². The molecule has 0 radical (unpaired) electrons. The first kappa shape index (κ1) is 16.1. The number of hydrogen-bond donors (Lipinski definition) is 1. The van der Waals surface area contributed by atoms with Gasteiger partial charge in [-0.1, -0.05) is 0 Å². The number of aromatic nitrogens is 3. The molecule has 132 valence electrons. The highest BCUT2D eigenvalue weighted by Gasteiger charge is 2.28. The topological polar surface area (TPSA) is 80.3 Å². The average molecular weight is 342 g/mol. The van der Waals surface area contributed by atoms with Gasteiger partial charge in [-0.05, 0) is 49.9 Å². The lowest BCUT2D eigenvalue weighted by atomic mass is 10.1. The zero-order valence-corrected chi connectivity index (χ0v) is 14.3. The summed E-state index contributed by atoms with van der Waals surface area (Å²) in [7, 11) is 0. The first-order chi connectivity index (χ1) is 12.2. The third-order valence-corrected chi connectivity index (χ3v) is 4.54. The fraction of sp³-hybridized carbons (Fsp3) is 0.500. The third-order valence-electron chi connectivity index (χ3n) is 4.54. The van der Waals surface area contributed by atoms with Gasteiger partial charge in [-0.25, -0.2) is 4.98 Å². The zero-order chi connectivity index (χ0) is 17.2. The van der Waals surface area contributed by atoms with Crippen LogP contribution in [0, 0.1) is 12.8 Å². The Hall–Kier alpha value is -2.41. The SMILES string of the molecule is Cc1nc([C@H]2CN(C(=O)c3ccc(OCC4CC4)cc3)CCO2)n[nH]1. The number of carbonyl (C=O) groups is 1. The van der Waals surface area contributed by atoms with Gasteiger partial charge in [0.1, 0.15) is 17.7 Å². The van der Waals surface area contributed by atoms with E-state index < -0.39 is 0 Å². The molecule has 0 spiro atoms. The summed E-state index contributed by atoms with van der Waals surface area (Å²) in [4.78, 5) is 18.8. The molecule has 1 aliphatic heterocycles. The van der Waals surface area contributed by atoms with Crippen molar-refractivity contribution in [3.8, 4) is 5.75 Å². The average Bonchev–Trinajstić information content (AvgIpc) is 3.39. The van der Waals surface area contributed by atoms with Crippen molar-refractivity contribution in [3.63, 3.8) is 0 Å². The Labute approximate surface area is 146 Å². The van der Waals surface area contributed by atoms with Gasteiger partial charge in [0, 0.05) is 12.1 Å². The number of aryl methyl sites for hydroxylation is 1. The van der Waals surface area contributed by atoms with Gasteiger partial charge in [0.25, 0.3) is 5.91 Å². The summed E-state index contributed by atoms with van der Waals surface area (Å²) in [6.07, 6.45) is 2.24. The number of nitrogens with zero attached hydrogens (tertiary/aromatic N) is 3. The number of aromatic amines is 1. The molecular weight excluding hydrogens is 320 g/mol. The van der Waals surface area contributed by atoms with E-state index >= 15 is 0 Å². The highest BCUT2D eigenvalue weighted by molar-refractivity contribution is 5.94. The molecule has 1 amide bonds. The summed E-state index contributed by atoms with van der Waals surface area (Å²) < 4.78 is 11.4. The predicted molar refractivity (Wildman–Crippen MR) is 90.4 cm³/mol. The molecule has 1 saturated heterocycles. The molecule has 7 heteroatoms. The molecule has 1 aliphatic carbocycles. The number of amides is 1. The second kappa shape index (κ2) is 6.84. The summed E-state index contributed by atoms with van der Waals surface area (Å²) >= 11 is 0. The number of ether oxygens (including phenoxy) is 2. The fourth-order valence-corrected chi connectivity index (χ4v) is 2.87.